The zero-order valence-electron chi connectivity index (χ0n) is 15.7. The van der Waals surface area contributed by atoms with Gasteiger partial charge in [-0.3, -0.25) is 11.3 Å². The fourth-order valence-corrected chi connectivity index (χ4v) is 2.80. The smallest absolute Gasteiger partial charge is 0.542 e. The SMILES string of the molecule is C[C-]=O.[CH2-]Cn1[c-]nc(-c2cccc(C)n2)c1-c1ccnc2[nH]ccc12.[Li+]. The molecule has 27 heavy (non-hydrogen) atoms. The van der Waals surface area contributed by atoms with Crippen molar-refractivity contribution in [1.82, 2.24) is 24.5 Å². The van der Waals surface area contributed by atoms with Crippen molar-refractivity contribution in [3.8, 4) is 22.6 Å². The number of imidazole rings is 1. The van der Waals surface area contributed by atoms with Crippen molar-refractivity contribution < 1.29 is 23.7 Å². The van der Waals surface area contributed by atoms with Crippen LogP contribution in [-0.4, -0.2) is 30.8 Å². The van der Waals surface area contributed by atoms with Crippen molar-refractivity contribution in [1.29, 1.82) is 0 Å². The molecule has 0 radical (unpaired) electrons. The number of fused-ring (bicyclic) bond motifs is 1. The third kappa shape index (κ3) is 4.19. The number of nitrogens with one attached hydrogen (secondary N) is 1. The molecule has 0 aliphatic rings. The molecule has 0 saturated heterocycles. The summed E-state index contributed by atoms with van der Waals surface area (Å²) < 4.78 is 1.92. The number of H-pyrrole nitrogens is 1. The zero-order chi connectivity index (χ0) is 18.5. The first kappa shape index (κ1) is 20.6. The van der Waals surface area contributed by atoms with E-state index in [0.29, 0.717) is 6.54 Å². The van der Waals surface area contributed by atoms with E-state index in [1.165, 1.54) is 13.2 Å². The van der Waals surface area contributed by atoms with Gasteiger partial charge in [-0.05, 0) is 43.2 Å². The van der Waals surface area contributed by atoms with Gasteiger partial charge in [0.1, 0.15) is 5.65 Å². The summed E-state index contributed by atoms with van der Waals surface area (Å²) in [4.78, 5) is 25.3. The molecule has 0 amide bonds. The molecule has 6 nitrogen and oxygen atoms in total. The molecule has 0 bridgehead atoms. The third-order valence-electron chi connectivity index (χ3n) is 3.85. The van der Waals surface area contributed by atoms with Gasteiger partial charge in [0.2, 0.25) is 0 Å². The van der Waals surface area contributed by atoms with E-state index in [0.717, 1.165) is 39.4 Å². The van der Waals surface area contributed by atoms with E-state index in [1.54, 1.807) is 6.20 Å². The fraction of sp³-hybridized carbons (Fsp3) is 0.150. The van der Waals surface area contributed by atoms with Gasteiger partial charge in [0.05, 0.1) is 0 Å². The average Bonchev–Trinajstić information content (AvgIpc) is 3.28. The summed E-state index contributed by atoms with van der Waals surface area (Å²) in [5.74, 6) is 0. The van der Waals surface area contributed by atoms with E-state index in [2.05, 4.69) is 33.2 Å². The molecule has 0 fully saturated rings. The average molecular weight is 351 g/mol. The van der Waals surface area contributed by atoms with Crippen LogP contribution in [0.2, 0.25) is 0 Å². The van der Waals surface area contributed by atoms with Crippen LogP contribution >= 0.6 is 0 Å². The minimum absolute atomic E-state index is 0. The first-order valence-electron chi connectivity index (χ1n) is 8.12. The summed E-state index contributed by atoms with van der Waals surface area (Å²) in [6.07, 6.45) is 8.21. The van der Waals surface area contributed by atoms with Gasteiger partial charge in [0, 0.05) is 29.2 Å². The molecular weight excluding hydrogens is 333 g/mol. The second-order valence-electron chi connectivity index (χ2n) is 5.53. The van der Waals surface area contributed by atoms with Crippen LogP contribution in [0, 0.1) is 20.2 Å². The molecule has 0 aliphatic heterocycles. The minimum atomic E-state index is 0. The van der Waals surface area contributed by atoms with E-state index < -0.39 is 0 Å². The summed E-state index contributed by atoms with van der Waals surface area (Å²) in [7, 11) is 0. The minimum Gasteiger partial charge on any atom is -0.542 e. The zero-order valence-corrected chi connectivity index (χ0v) is 15.7. The van der Waals surface area contributed by atoms with Gasteiger partial charge in [-0.2, -0.15) is 6.92 Å². The Hall–Kier alpha value is -2.68. The Bertz CT molecular complexity index is 1040. The van der Waals surface area contributed by atoms with E-state index in [9.17, 15) is 0 Å². The van der Waals surface area contributed by atoms with E-state index >= 15 is 0 Å². The van der Waals surface area contributed by atoms with Gasteiger partial charge < -0.3 is 26.3 Å². The number of nitrogens with zero attached hydrogens (tertiary/aromatic N) is 4. The van der Waals surface area contributed by atoms with Crippen LogP contribution in [0.3, 0.4) is 0 Å². The molecule has 4 aromatic heterocycles. The summed E-state index contributed by atoms with van der Waals surface area (Å²) in [5.41, 5.74) is 5.47. The molecule has 0 atom stereocenters. The van der Waals surface area contributed by atoms with Crippen molar-refractivity contribution in [3.05, 3.63) is 61.7 Å². The van der Waals surface area contributed by atoms with E-state index in [-0.39, 0.29) is 18.9 Å². The second-order valence-corrected chi connectivity index (χ2v) is 5.53. The Labute approximate surface area is 170 Å². The topological polar surface area (TPSA) is 76.5 Å². The maximum Gasteiger partial charge on any atom is 1.00 e. The van der Waals surface area contributed by atoms with Gasteiger partial charge in [-0.15, -0.1) is 6.54 Å². The molecular formula is C20H18LiN5O-2. The molecule has 0 aromatic carbocycles. The maximum atomic E-state index is 8.68. The third-order valence-corrected chi connectivity index (χ3v) is 3.85. The van der Waals surface area contributed by atoms with Crippen LogP contribution < -0.4 is 18.9 Å². The van der Waals surface area contributed by atoms with Gasteiger partial charge in [0.15, 0.2) is 0 Å². The molecule has 7 heteroatoms. The number of pyridine rings is 2. The van der Waals surface area contributed by atoms with E-state index in [1.807, 2.05) is 48.0 Å². The van der Waals surface area contributed by atoms with Crippen LogP contribution in [-0.2, 0) is 11.3 Å². The number of aromatic amines is 1. The van der Waals surface area contributed by atoms with Crippen molar-refractivity contribution in [2.45, 2.75) is 20.4 Å². The number of rotatable bonds is 3. The summed E-state index contributed by atoms with van der Waals surface area (Å²) in [6, 6.07) is 9.94. The van der Waals surface area contributed by atoms with Crippen molar-refractivity contribution in [3.63, 3.8) is 0 Å². The van der Waals surface area contributed by atoms with Crippen molar-refractivity contribution in [2.75, 3.05) is 0 Å². The number of hydrogen-bond donors (Lipinski definition) is 1. The monoisotopic (exact) mass is 351 g/mol. The number of aromatic nitrogens is 5. The first-order valence-corrected chi connectivity index (χ1v) is 8.12. The van der Waals surface area contributed by atoms with Gasteiger partial charge in [-0.1, -0.05) is 17.3 Å². The Balaban J connectivity index is 0.000000614. The molecule has 4 heterocycles. The van der Waals surface area contributed by atoms with Gasteiger partial charge in [0.25, 0.3) is 0 Å². The first-order chi connectivity index (χ1) is 12.7. The van der Waals surface area contributed by atoms with Crippen molar-refractivity contribution >= 4 is 17.3 Å². The Morgan fingerprint density at radius 1 is 1.30 bits per heavy atom. The standard InChI is InChI=1S/C18H15N5.C2H3O.Li/c1-3-23-11-21-16(15-6-4-5-12(2)22-15)17(23)13-7-9-19-18-14(13)8-10-20-18;1-2-3;/h4-10H,1,3H2,2H3,(H,19,20);1H3;/q-2;-1;+1. The molecule has 4 rings (SSSR count). The Kier molecular flexibility index (Phi) is 7.11. The predicted octanol–water partition coefficient (Wildman–Crippen LogP) is 0.551. The molecule has 0 saturated carbocycles. The molecule has 132 valence electrons. The molecule has 4 aromatic rings. The summed E-state index contributed by atoms with van der Waals surface area (Å²) in [5, 5.41) is 1.05. The van der Waals surface area contributed by atoms with E-state index in [4.69, 9.17) is 4.79 Å². The van der Waals surface area contributed by atoms with Crippen LogP contribution in [0.25, 0.3) is 33.7 Å². The predicted molar refractivity (Wildman–Crippen MR) is 101 cm³/mol. The number of aryl methyl sites for hydroxylation is 1. The fourth-order valence-electron chi connectivity index (χ4n) is 2.80. The van der Waals surface area contributed by atoms with Crippen LogP contribution in [0.4, 0.5) is 0 Å². The van der Waals surface area contributed by atoms with Crippen LogP contribution in [0.5, 0.6) is 0 Å². The normalized spacial score (nSPS) is 10.0. The molecule has 0 aliphatic carbocycles. The van der Waals surface area contributed by atoms with Gasteiger partial charge in [-0.25, -0.2) is 4.98 Å². The molecule has 0 unspecified atom stereocenters. The van der Waals surface area contributed by atoms with Crippen LogP contribution in [0.1, 0.15) is 12.6 Å². The van der Waals surface area contributed by atoms with Crippen LogP contribution in [0.15, 0.2) is 42.7 Å². The number of hydrogen-bond acceptors (Lipinski definition) is 4. The second kappa shape index (κ2) is 9.31. The maximum absolute atomic E-state index is 8.68. The quantitative estimate of drug-likeness (QED) is 0.432. The molecule has 1 N–H and O–H groups in total. The number of carbonyl (C=O) groups excluding carboxylic acids is 1. The summed E-state index contributed by atoms with van der Waals surface area (Å²) >= 11 is 0. The largest absolute Gasteiger partial charge is 1.00 e. The molecule has 0 spiro atoms. The van der Waals surface area contributed by atoms with Gasteiger partial charge >= 0.3 is 18.9 Å². The summed E-state index contributed by atoms with van der Waals surface area (Å²) in [6.45, 7) is 7.82. The van der Waals surface area contributed by atoms with Crippen molar-refractivity contribution in [2.24, 2.45) is 0 Å². The Morgan fingerprint density at radius 3 is 2.78 bits per heavy atom. The Morgan fingerprint density at radius 2 is 2.07 bits per heavy atom.